The average Bonchev–Trinajstić information content (AvgIpc) is 2.41. The second-order valence-electron chi connectivity index (χ2n) is 8.92. The van der Waals surface area contributed by atoms with Crippen LogP contribution in [0.5, 0.6) is 0 Å². The fraction of sp³-hybridized carbons (Fsp3) is 0.700. The van der Waals surface area contributed by atoms with E-state index in [1.807, 2.05) is 13.8 Å². The zero-order valence-corrected chi connectivity index (χ0v) is 17.2. The first kappa shape index (κ1) is 22.9. The van der Waals surface area contributed by atoms with Crippen molar-refractivity contribution in [2.24, 2.45) is 5.41 Å². The molecular formula is C20H31NO6. The summed E-state index contributed by atoms with van der Waals surface area (Å²) < 4.78 is 5.24. The minimum Gasteiger partial charge on any atom is -0.480 e. The van der Waals surface area contributed by atoms with Crippen molar-refractivity contribution in [3.05, 3.63) is 11.1 Å². The van der Waals surface area contributed by atoms with Gasteiger partial charge in [0, 0.05) is 19.4 Å². The third kappa shape index (κ3) is 7.53. The minimum absolute atomic E-state index is 0.136. The smallest absolute Gasteiger partial charge is 0.410 e. The zero-order valence-electron chi connectivity index (χ0n) is 17.2. The van der Waals surface area contributed by atoms with Crippen molar-refractivity contribution < 1.29 is 29.0 Å². The molecule has 0 saturated heterocycles. The van der Waals surface area contributed by atoms with E-state index in [0.29, 0.717) is 31.3 Å². The molecule has 1 amide bonds. The van der Waals surface area contributed by atoms with Gasteiger partial charge in [0.2, 0.25) is 0 Å². The third-order valence-corrected chi connectivity index (χ3v) is 4.22. The maximum absolute atomic E-state index is 12.3. The SMILES string of the molecule is CC(CCCN(CC(=O)O)C(=O)OC(C)(C)C)=C1C(=O)CC(C)(C)CC1=O. The van der Waals surface area contributed by atoms with Crippen molar-refractivity contribution in [2.45, 2.75) is 72.8 Å². The van der Waals surface area contributed by atoms with Gasteiger partial charge in [0.05, 0.1) is 5.57 Å². The van der Waals surface area contributed by atoms with E-state index in [4.69, 9.17) is 9.84 Å². The molecule has 0 aromatic heterocycles. The molecule has 0 unspecified atom stereocenters. The van der Waals surface area contributed by atoms with E-state index in [1.54, 1.807) is 27.7 Å². The molecule has 7 nitrogen and oxygen atoms in total. The monoisotopic (exact) mass is 381 g/mol. The summed E-state index contributed by atoms with van der Waals surface area (Å²) in [7, 11) is 0. The van der Waals surface area contributed by atoms with Gasteiger partial charge in [0.15, 0.2) is 11.6 Å². The number of ether oxygens (including phenoxy) is 1. The van der Waals surface area contributed by atoms with Gasteiger partial charge in [-0.25, -0.2) is 4.79 Å². The van der Waals surface area contributed by atoms with Gasteiger partial charge in [-0.15, -0.1) is 0 Å². The molecule has 0 aromatic carbocycles. The number of carbonyl (C=O) groups excluding carboxylic acids is 3. The van der Waals surface area contributed by atoms with E-state index in [2.05, 4.69) is 0 Å². The Morgan fingerprint density at radius 3 is 2.11 bits per heavy atom. The second kappa shape index (κ2) is 8.67. The van der Waals surface area contributed by atoms with Gasteiger partial charge in [0.1, 0.15) is 12.1 Å². The number of nitrogens with zero attached hydrogens (tertiary/aromatic N) is 1. The predicted molar refractivity (Wildman–Crippen MR) is 100 cm³/mol. The van der Waals surface area contributed by atoms with E-state index in [0.717, 1.165) is 4.90 Å². The summed E-state index contributed by atoms with van der Waals surface area (Å²) in [5.74, 6) is -1.40. The van der Waals surface area contributed by atoms with Gasteiger partial charge < -0.3 is 9.84 Å². The van der Waals surface area contributed by atoms with Crippen molar-refractivity contribution in [1.29, 1.82) is 0 Å². The van der Waals surface area contributed by atoms with Crippen LogP contribution < -0.4 is 0 Å². The number of Topliss-reactive ketones (excluding diaryl/α,β-unsaturated/α-hetero) is 2. The zero-order chi connectivity index (χ0) is 21.0. The standard InChI is InChI=1S/C20H31NO6/c1-13(17-14(22)10-20(5,6)11-15(17)23)8-7-9-21(12-16(24)25)18(26)27-19(2,3)4/h7-12H2,1-6H3,(H,24,25). The van der Waals surface area contributed by atoms with Crippen LogP contribution in [0.1, 0.15) is 67.2 Å². The molecule has 1 aliphatic carbocycles. The Morgan fingerprint density at radius 1 is 1.15 bits per heavy atom. The van der Waals surface area contributed by atoms with Crippen molar-refractivity contribution >= 4 is 23.6 Å². The number of carboxylic acid groups (broad SMARTS) is 1. The minimum atomic E-state index is -1.13. The van der Waals surface area contributed by atoms with Crippen molar-refractivity contribution in [3.63, 3.8) is 0 Å². The molecule has 0 spiro atoms. The number of carboxylic acids is 1. The first-order chi connectivity index (χ1) is 12.2. The summed E-state index contributed by atoms with van der Waals surface area (Å²) in [4.78, 5) is 49.0. The quantitative estimate of drug-likeness (QED) is 0.559. The molecule has 1 fully saturated rings. The predicted octanol–water partition coefficient (Wildman–Crippen LogP) is 3.36. The highest BCUT2D eigenvalue weighted by molar-refractivity contribution is 6.22. The normalized spacial score (nSPS) is 16.9. The number of hydrogen-bond donors (Lipinski definition) is 1. The summed E-state index contributed by atoms with van der Waals surface area (Å²) in [6, 6.07) is 0. The number of carbonyl (C=O) groups is 4. The van der Waals surface area contributed by atoms with Gasteiger partial charge in [0.25, 0.3) is 0 Å². The molecule has 0 aromatic rings. The van der Waals surface area contributed by atoms with Gasteiger partial charge in [-0.3, -0.25) is 19.3 Å². The molecule has 1 aliphatic rings. The van der Waals surface area contributed by atoms with Crippen LogP contribution in [-0.4, -0.2) is 52.3 Å². The summed E-state index contributed by atoms with van der Waals surface area (Å²) in [6.45, 7) is 10.4. The lowest BCUT2D eigenvalue weighted by Crippen LogP contribution is -2.40. The lowest BCUT2D eigenvalue weighted by Gasteiger charge is -2.29. The van der Waals surface area contributed by atoms with Gasteiger partial charge in [-0.2, -0.15) is 0 Å². The number of amides is 1. The van der Waals surface area contributed by atoms with Crippen LogP contribution in [0.25, 0.3) is 0 Å². The van der Waals surface area contributed by atoms with Crippen LogP contribution >= 0.6 is 0 Å². The molecule has 0 aliphatic heterocycles. The number of rotatable bonds is 6. The molecule has 1 rings (SSSR count). The Labute approximate surface area is 160 Å². The Balaban J connectivity index is 2.76. The molecule has 0 atom stereocenters. The molecule has 1 N–H and O–H groups in total. The van der Waals surface area contributed by atoms with E-state index >= 15 is 0 Å². The summed E-state index contributed by atoms with van der Waals surface area (Å²) in [5.41, 5.74) is -0.0665. The number of allylic oxidation sites excluding steroid dienone is 2. The largest absolute Gasteiger partial charge is 0.480 e. The fourth-order valence-electron chi connectivity index (χ4n) is 3.12. The van der Waals surface area contributed by atoms with Crippen LogP contribution in [0, 0.1) is 5.41 Å². The highest BCUT2D eigenvalue weighted by Crippen LogP contribution is 2.35. The lowest BCUT2D eigenvalue weighted by atomic mass is 9.73. The summed E-state index contributed by atoms with van der Waals surface area (Å²) >= 11 is 0. The maximum atomic E-state index is 12.3. The third-order valence-electron chi connectivity index (χ3n) is 4.22. The Morgan fingerprint density at radius 2 is 1.67 bits per heavy atom. The number of hydrogen-bond acceptors (Lipinski definition) is 5. The molecule has 0 radical (unpaired) electrons. The highest BCUT2D eigenvalue weighted by Gasteiger charge is 2.36. The summed E-state index contributed by atoms with van der Waals surface area (Å²) in [6.07, 6.45) is 0.864. The Bertz CT molecular complexity index is 632. The van der Waals surface area contributed by atoms with Crippen molar-refractivity contribution in [3.8, 4) is 0 Å². The van der Waals surface area contributed by atoms with Gasteiger partial charge in [-0.1, -0.05) is 19.4 Å². The molecule has 1 saturated carbocycles. The number of aliphatic carboxylic acids is 1. The van der Waals surface area contributed by atoms with Crippen LogP contribution in [0.2, 0.25) is 0 Å². The molecule has 0 heterocycles. The first-order valence-electron chi connectivity index (χ1n) is 9.18. The first-order valence-corrected chi connectivity index (χ1v) is 9.18. The van der Waals surface area contributed by atoms with Gasteiger partial charge >= 0.3 is 12.1 Å². The Hall–Kier alpha value is -2.18. The number of ketones is 2. The molecule has 0 bridgehead atoms. The van der Waals surface area contributed by atoms with Gasteiger partial charge in [-0.05, 0) is 46.0 Å². The van der Waals surface area contributed by atoms with Crippen LogP contribution in [-0.2, 0) is 19.1 Å². The van der Waals surface area contributed by atoms with Crippen LogP contribution in [0.3, 0.4) is 0 Å². The second-order valence-corrected chi connectivity index (χ2v) is 8.92. The molecule has 27 heavy (non-hydrogen) atoms. The fourth-order valence-corrected chi connectivity index (χ4v) is 3.12. The Kier molecular flexibility index (Phi) is 7.34. The molecular weight excluding hydrogens is 350 g/mol. The lowest BCUT2D eigenvalue weighted by molar-refractivity contribution is -0.138. The topological polar surface area (TPSA) is 101 Å². The molecule has 7 heteroatoms. The van der Waals surface area contributed by atoms with Crippen molar-refractivity contribution in [2.75, 3.05) is 13.1 Å². The van der Waals surface area contributed by atoms with E-state index in [9.17, 15) is 19.2 Å². The van der Waals surface area contributed by atoms with Crippen LogP contribution in [0.4, 0.5) is 4.79 Å². The highest BCUT2D eigenvalue weighted by atomic mass is 16.6. The van der Waals surface area contributed by atoms with Crippen LogP contribution in [0.15, 0.2) is 11.1 Å². The summed E-state index contributed by atoms with van der Waals surface area (Å²) in [5, 5.41) is 9.01. The van der Waals surface area contributed by atoms with Crippen molar-refractivity contribution in [1.82, 2.24) is 4.90 Å². The molecule has 152 valence electrons. The average molecular weight is 381 g/mol. The maximum Gasteiger partial charge on any atom is 0.410 e. The van der Waals surface area contributed by atoms with E-state index in [-0.39, 0.29) is 29.1 Å². The van der Waals surface area contributed by atoms with E-state index < -0.39 is 24.2 Å². The van der Waals surface area contributed by atoms with E-state index in [1.165, 1.54) is 0 Å².